The minimum atomic E-state index is -0.908. The Morgan fingerprint density at radius 2 is 2.10 bits per heavy atom. The van der Waals surface area contributed by atoms with E-state index < -0.39 is 29.9 Å². The fourth-order valence-corrected chi connectivity index (χ4v) is 3.90. The Labute approximate surface area is 174 Å². The molecule has 0 aliphatic heterocycles. The summed E-state index contributed by atoms with van der Waals surface area (Å²) in [5.74, 6) is -1.62. The molecule has 1 aliphatic rings. The van der Waals surface area contributed by atoms with Gasteiger partial charge in [0.25, 0.3) is 5.91 Å². The molecule has 3 unspecified atom stereocenters. The normalized spacial score (nSPS) is 19.4. The summed E-state index contributed by atoms with van der Waals surface area (Å²) < 4.78 is 5.20. The van der Waals surface area contributed by atoms with Crippen LogP contribution in [0.25, 0.3) is 10.9 Å². The van der Waals surface area contributed by atoms with Crippen molar-refractivity contribution in [2.75, 3.05) is 13.7 Å². The van der Waals surface area contributed by atoms with Crippen LogP contribution >= 0.6 is 0 Å². The molecular weight excluding hydrogens is 388 g/mol. The van der Waals surface area contributed by atoms with Crippen LogP contribution in [0.4, 0.5) is 0 Å². The van der Waals surface area contributed by atoms with E-state index in [1.54, 1.807) is 19.2 Å². The standard InChI is InChI=1S/C21H28N4O5/c1-30-13-7-8-15-12(10-13)11-18(23-15)20(27)25-17(6-3-9-22)19(26)24-16-5-2-4-14(16)21(28)29/h7-8,10-11,14,16-17,23H,2-6,9,22H2,1H3,(H,24,26)(H,25,27)(H,28,29). The molecule has 9 nitrogen and oxygen atoms in total. The van der Waals surface area contributed by atoms with Crippen molar-refractivity contribution in [3.8, 4) is 5.75 Å². The van der Waals surface area contributed by atoms with Crippen molar-refractivity contribution in [3.63, 3.8) is 0 Å². The van der Waals surface area contributed by atoms with Crippen LogP contribution in [0.15, 0.2) is 24.3 Å². The number of benzene rings is 1. The summed E-state index contributed by atoms with van der Waals surface area (Å²) in [6.45, 7) is 0.382. The highest BCUT2D eigenvalue weighted by molar-refractivity contribution is 6.00. The molecule has 162 valence electrons. The molecule has 1 aromatic heterocycles. The van der Waals surface area contributed by atoms with Crippen LogP contribution in [-0.4, -0.2) is 53.6 Å². The Kier molecular flexibility index (Phi) is 6.94. The molecule has 0 saturated heterocycles. The maximum absolute atomic E-state index is 12.8. The number of aliphatic carboxylic acids is 1. The van der Waals surface area contributed by atoms with Crippen LogP contribution in [0.1, 0.15) is 42.6 Å². The Morgan fingerprint density at radius 1 is 1.30 bits per heavy atom. The van der Waals surface area contributed by atoms with Gasteiger partial charge in [-0.2, -0.15) is 0 Å². The highest BCUT2D eigenvalue weighted by Crippen LogP contribution is 2.26. The lowest BCUT2D eigenvalue weighted by molar-refractivity contribution is -0.142. The first kappa shape index (κ1) is 21.6. The first-order valence-corrected chi connectivity index (χ1v) is 10.1. The summed E-state index contributed by atoms with van der Waals surface area (Å²) in [5, 5.41) is 15.7. The highest BCUT2D eigenvalue weighted by atomic mass is 16.5. The van der Waals surface area contributed by atoms with E-state index in [4.69, 9.17) is 10.5 Å². The molecule has 1 saturated carbocycles. The first-order chi connectivity index (χ1) is 14.4. The molecule has 30 heavy (non-hydrogen) atoms. The smallest absolute Gasteiger partial charge is 0.308 e. The van der Waals surface area contributed by atoms with Gasteiger partial charge in [0.05, 0.1) is 13.0 Å². The number of carboxylic acid groups (broad SMARTS) is 1. The van der Waals surface area contributed by atoms with Gasteiger partial charge in [-0.25, -0.2) is 0 Å². The fourth-order valence-electron chi connectivity index (χ4n) is 3.90. The van der Waals surface area contributed by atoms with E-state index in [-0.39, 0.29) is 5.91 Å². The fraction of sp³-hybridized carbons (Fsp3) is 0.476. The quantitative estimate of drug-likeness (QED) is 0.417. The average Bonchev–Trinajstić information content (AvgIpc) is 3.36. The predicted molar refractivity (Wildman–Crippen MR) is 111 cm³/mol. The van der Waals surface area contributed by atoms with Crippen molar-refractivity contribution in [1.82, 2.24) is 15.6 Å². The van der Waals surface area contributed by atoms with E-state index in [9.17, 15) is 19.5 Å². The molecule has 1 heterocycles. The zero-order valence-electron chi connectivity index (χ0n) is 16.9. The molecule has 0 bridgehead atoms. The minimum Gasteiger partial charge on any atom is -0.497 e. The van der Waals surface area contributed by atoms with Gasteiger partial charge in [0.2, 0.25) is 5.91 Å². The Morgan fingerprint density at radius 3 is 2.80 bits per heavy atom. The summed E-state index contributed by atoms with van der Waals surface area (Å²) in [5.41, 5.74) is 6.69. The number of rotatable bonds is 9. The van der Waals surface area contributed by atoms with E-state index >= 15 is 0 Å². The monoisotopic (exact) mass is 416 g/mol. The number of amides is 2. The van der Waals surface area contributed by atoms with Crippen LogP contribution in [-0.2, 0) is 9.59 Å². The second-order valence-corrected chi connectivity index (χ2v) is 7.58. The Balaban J connectivity index is 1.71. The van der Waals surface area contributed by atoms with Crippen molar-refractivity contribution in [2.24, 2.45) is 11.7 Å². The van der Waals surface area contributed by atoms with Gasteiger partial charge in [0, 0.05) is 16.9 Å². The van der Waals surface area contributed by atoms with E-state index in [2.05, 4.69) is 15.6 Å². The summed E-state index contributed by atoms with van der Waals surface area (Å²) in [4.78, 5) is 40.0. The molecule has 2 aromatic rings. The van der Waals surface area contributed by atoms with Crippen LogP contribution in [0, 0.1) is 5.92 Å². The van der Waals surface area contributed by atoms with Gasteiger partial charge in [-0.05, 0) is 56.5 Å². The van der Waals surface area contributed by atoms with E-state index in [0.29, 0.717) is 43.7 Å². The lowest BCUT2D eigenvalue weighted by Crippen LogP contribution is -2.51. The second kappa shape index (κ2) is 9.62. The van der Waals surface area contributed by atoms with Crippen LogP contribution < -0.4 is 21.1 Å². The number of hydrogen-bond donors (Lipinski definition) is 5. The molecule has 6 N–H and O–H groups in total. The van der Waals surface area contributed by atoms with Crippen LogP contribution in [0.3, 0.4) is 0 Å². The minimum absolute atomic E-state index is 0.327. The number of fused-ring (bicyclic) bond motifs is 1. The number of nitrogens with one attached hydrogen (secondary N) is 3. The molecule has 0 spiro atoms. The SMILES string of the molecule is COc1ccc2[nH]c(C(=O)NC(CCCN)C(=O)NC3CCCC3C(=O)O)cc2c1. The Hall–Kier alpha value is -3.07. The van der Waals surface area contributed by atoms with Crippen molar-refractivity contribution < 1.29 is 24.2 Å². The van der Waals surface area contributed by atoms with Crippen molar-refractivity contribution in [2.45, 2.75) is 44.2 Å². The van der Waals surface area contributed by atoms with Gasteiger partial charge in [0.15, 0.2) is 0 Å². The van der Waals surface area contributed by atoms with Gasteiger partial charge in [-0.1, -0.05) is 6.42 Å². The summed E-state index contributed by atoms with van der Waals surface area (Å²) in [6, 6.07) is 5.90. The van der Waals surface area contributed by atoms with Crippen LogP contribution in [0.2, 0.25) is 0 Å². The molecule has 2 amide bonds. The zero-order valence-corrected chi connectivity index (χ0v) is 16.9. The third kappa shape index (κ3) is 4.91. The number of carbonyl (C=O) groups excluding carboxylic acids is 2. The largest absolute Gasteiger partial charge is 0.497 e. The maximum atomic E-state index is 12.8. The molecule has 1 aromatic carbocycles. The number of carboxylic acids is 1. The number of methoxy groups -OCH3 is 1. The van der Waals surface area contributed by atoms with Gasteiger partial charge in [-0.15, -0.1) is 0 Å². The van der Waals surface area contributed by atoms with Gasteiger partial charge >= 0.3 is 5.97 Å². The average molecular weight is 416 g/mol. The van der Waals surface area contributed by atoms with Gasteiger partial charge in [-0.3, -0.25) is 14.4 Å². The molecule has 0 radical (unpaired) electrons. The molecule has 9 heteroatoms. The lowest BCUT2D eigenvalue weighted by atomic mass is 10.0. The summed E-state index contributed by atoms with van der Waals surface area (Å²) in [7, 11) is 1.57. The number of aromatic amines is 1. The number of hydrogen-bond acceptors (Lipinski definition) is 5. The van der Waals surface area contributed by atoms with Crippen molar-refractivity contribution in [1.29, 1.82) is 0 Å². The number of aromatic nitrogens is 1. The Bertz CT molecular complexity index is 925. The van der Waals surface area contributed by atoms with E-state index in [1.165, 1.54) is 0 Å². The van der Waals surface area contributed by atoms with Gasteiger partial charge < -0.3 is 31.2 Å². The lowest BCUT2D eigenvalue weighted by Gasteiger charge is -2.23. The molecular formula is C21H28N4O5. The second-order valence-electron chi connectivity index (χ2n) is 7.58. The number of nitrogens with two attached hydrogens (primary N) is 1. The third-order valence-corrected chi connectivity index (χ3v) is 5.55. The molecule has 3 rings (SSSR count). The number of ether oxygens (including phenoxy) is 1. The van der Waals surface area contributed by atoms with Crippen molar-refractivity contribution in [3.05, 3.63) is 30.0 Å². The predicted octanol–water partition coefficient (Wildman–Crippen LogP) is 1.38. The first-order valence-electron chi connectivity index (χ1n) is 10.1. The van der Waals surface area contributed by atoms with Gasteiger partial charge in [0.1, 0.15) is 17.5 Å². The van der Waals surface area contributed by atoms with E-state index in [0.717, 1.165) is 17.3 Å². The summed E-state index contributed by atoms with van der Waals surface area (Å²) >= 11 is 0. The number of H-pyrrole nitrogens is 1. The number of carbonyl (C=O) groups is 3. The molecule has 1 fully saturated rings. The van der Waals surface area contributed by atoms with Crippen molar-refractivity contribution >= 4 is 28.7 Å². The molecule has 3 atom stereocenters. The summed E-state index contributed by atoms with van der Waals surface area (Å²) in [6.07, 6.45) is 2.82. The molecule has 1 aliphatic carbocycles. The third-order valence-electron chi connectivity index (χ3n) is 5.55. The zero-order chi connectivity index (χ0) is 21.7. The topological polar surface area (TPSA) is 147 Å². The maximum Gasteiger partial charge on any atom is 0.308 e. The van der Waals surface area contributed by atoms with E-state index in [1.807, 2.05) is 12.1 Å². The highest BCUT2D eigenvalue weighted by Gasteiger charge is 2.35. The van der Waals surface area contributed by atoms with Crippen LogP contribution in [0.5, 0.6) is 5.75 Å².